The molecule has 10 heteroatoms. The topological polar surface area (TPSA) is 100 Å². The standard InChI is InChI=1S/C20H23FN6O2S/c1-13-9-16(26-30(2,28)29)5-8-18(13)23-20-10-19(24-25-20)14-3-6-17(7-4-14)27-12-15(21)11-22-27/h3-9,11-12,19-20,23-26H,10H2,1-2H3. The van der Waals surface area contributed by atoms with Crippen LogP contribution in [0.25, 0.3) is 5.69 Å². The van der Waals surface area contributed by atoms with E-state index in [0.717, 1.165) is 35.2 Å². The molecule has 2 aromatic carbocycles. The highest BCUT2D eigenvalue weighted by molar-refractivity contribution is 7.92. The minimum absolute atomic E-state index is 0.00213. The summed E-state index contributed by atoms with van der Waals surface area (Å²) < 4.78 is 39.9. The van der Waals surface area contributed by atoms with E-state index in [0.29, 0.717) is 5.69 Å². The van der Waals surface area contributed by atoms with Gasteiger partial charge in [0.25, 0.3) is 0 Å². The first kappa shape index (κ1) is 20.3. The van der Waals surface area contributed by atoms with Gasteiger partial charge in [-0.3, -0.25) is 4.72 Å². The van der Waals surface area contributed by atoms with Gasteiger partial charge in [-0.1, -0.05) is 12.1 Å². The van der Waals surface area contributed by atoms with Crippen molar-refractivity contribution in [3.63, 3.8) is 0 Å². The first-order valence-electron chi connectivity index (χ1n) is 9.43. The van der Waals surface area contributed by atoms with Crippen molar-refractivity contribution in [2.45, 2.75) is 25.6 Å². The Balaban J connectivity index is 1.39. The zero-order chi connectivity index (χ0) is 21.3. The van der Waals surface area contributed by atoms with Crippen LogP contribution in [-0.4, -0.2) is 30.6 Å². The third kappa shape index (κ3) is 4.78. The normalized spacial score (nSPS) is 19.0. The summed E-state index contributed by atoms with van der Waals surface area (Å²) in [6.45, 7) is 1.92. The third-order valence-electron chi connectivity index (χ3n) is 4.87. The molecule has 0 bridgehead atoms. The first-order chi connectivity index (χ1) is 14.3. The van der Waals surface area contributed by atoms with Gasteiger partial charge in [-0.2, -0.15) is 5.10 Å². The Kier molecular flexibility index (Phi) is 5.46. The van der Waals surface area contributed by atoms with E-state index in [1.165, 1.54) is 17.1 Å². The molecule has 2 atom stereocenters. The van der Waals surface area contributed by atoms with E-state index in [2.05, 4.69) is 26.0 Å². The predicted octanol–water partition coefficient (Wildman–Crippen LogP) is 2.67. The van der Waals surface area contributed by atoms with Crippen LogP contribution in [0.1, 0.15) is 23.6 Å². The zero-order valence-electron chi connectivity index (χ0n) is 16.6. The Bertz CT molecular complexity index is 1150. The van der Waals surface area contributed by atoms with Gasteiger partial charge in [-0.15, -0.1) is 0 Å². The van der Waals surface area contributed by atoms with Crippen LogP contribution < -0.4 is 20.9 Å². The summed E-state index contributed by atoms with van der Waals surface area (Å²) in [5.41, 5.74) is 10.8. The fourth-order valence-corrected chi connectivity index (χ4v) is 4.02. The Morgan fingerprint density at radius 3 is 2.57 bits per heavy atom. The van der Waals surface area contributed by atoms with Crippen molar-refractivity contribution in [1.82, 2.24) is 20.6 Å². The first-order valence-corrected chi connectivity index (χ1v) is 11.3. The van der Waals surface area contributed by atoms with E-state index < -0.39 is 10.0 Å². The molecule has 1 aromatic heterocycles. The van der Waals surface area contributed by atoms with Gasteiger partial charge in [0.1, 0.15) is 0 Å². The summed E-state index contributed by atoms with van der Waals surface area (Å²) in [5, 5.41) is 7.40. The van der Waals surface area contributed by atoms with Crippen LogP contribution in [0.15, 0.2) is 54.9 Å². The van der Waals surface area contributed by atoms with E-state index in [1.807, 2.05) is 37.3 Å². The van der Waals surface area contributed by atoms with Gasteiger partial charge >= 0.3 is 0 Å². The maximum Gasteiger partial charge on any atom is 0.229 e. The molecule has 2 unspecified atom stereocenters. The molecule has 0 radical (unpaired) electrons. The van der Waals surface area contributed by atoms with E-state index >= 15 is 0 Å². The summed E-state index contributed by atoms with van der Waals surface area (Å²) >= 11 is 0. The number of aromatic nitrogens is 2. The van der Waals surface area contributed by atoms with Crippen LogP contribution in [0, 0.1) is 12.7 Å². The number of anilines is 2. The van der Waals surface area contributed by atoms with Crippen LogP contribution in [0.3, 0.4) is 0 Å². The van der Waals surface area contributed by atoms with Crippen LogP contribution in [0.2, 0.25) is 0 Å². The Hall–Kier alpha value is -2.95. The number of hydrazine groups is 1. The Morgan fingerprint density at radius 2 is 1.93 bits per heavy atom. The molecule has 0 saturated carbocycles. The summed E-state index contributed by atoms with van der Waals surface area (Å²) in [4.78, 5) is 0. The molecule has 2 heterocycles. The molecule has 0 amide bonds. The second-order valence-electron chi connectivity index (χ2n) is 7.37. The number of benzene rings is 2. The Morgan fingerprint density at radius 1 is 1.17 bits per heavy atom. The van der Waals surface area contributed by atoms with Gasteiger partial charge in [-0.05, 0) is 48.4 Å². The van der Waals surface area contributed by atoms with Gasteiger partial charge in [0.2, 0.25) is 10.0 Å². The monoisotopic (exact) mass is 430 g/mol. The van der Waals surface area contributed by atoms with Gasteiger partial charge in [0, 0.05) is 23.8 Å². The number of rotatable bonds is 6. The molecule has 8 nitrogen and oxygen atoms in total. The minimum atomic E-state index is -3.30. The summed E-state index contributed by atoms with van der Waals surface area (Å²) in [5.74, 6) is -0.370. The molecule has 4 N–H and O–H groups in total. The fraction of sp³-hybridized carbons (Fsp3) is 0.250. The lowest BCUT2D eigenvalue weighted by Crippen LogP contribution is -2.36. The average molecular weight is 431 g/mol. The maximum absolute atomic E-state index is 13.1. The molecule has 3 aromatic rings. The molecular weight excluding hydrogens is 407 g/mol. The fourth-order valence-electron chi connectivity index (χ4n) is 3.46. The van der Waals surface area contributed by atoms with Gasteiger partial charge in [0.05, 0.1) is 30.5 Å². The molecule has 1 saturated heterocycles. The maximum atomic E-state index is 13.1. The number of nitrogens with one attached hydrogen (secondary N) is 4. The highest BCUT2D eigenvalue weighted by Gasteiger charge is 2.25. The molecule has 158 valence electrons. The van der Waals surface area contributed by atoms with Crippen LogP contribution >= 0.6 is 0 Å². The Labute approximate surface area is 174 Å². The number of aryl methyl sites for hydroxylation is 1. The summed E-state index contributed by atoms with van der Waals surface area (Å²) in [6, 6.07) is 13.3. The summed E-state index contributed by atoms with van der Waals surface area (Å²) in [6.07, 6.45) is 4.45. The van der Waals surface area contributed by atoms with Crippen molar-refractivity contribution in [2.75, 3.05) is 16.3 Å². The van der Waals surface area contributed by atoms with Gasteiger partial charge in [-0.25, -0.2) is 28.3 Å². The van der Waals surface area contributed by atoms with E-state index in [1.54, 1.807) is 12.1 Å². The van der Waals surface area contributed by atoms with Crippen molar-refractivity contribution in [3.05, 3.63) is 71.8 Å². The smallest absolute Gasteiger partial charge is 0.229 e. The van der Waals surface area contributed by atoms with Crippen LogP contribution in [0.5, 0.6) is 0 Å². The molecule has 0 aliphatic carbocycles. The lowest BCUT2D eigenvalue weighted by molar-refractivity contribution is 0.564. The SMILES string of the molecule is Cc1cc(NS(C)(=O)=O)ccc1NC1CC(c2ccc(-n3cc(F)cn3)cc2)NN1. The van der Waals surface area contributed by atoms with Gasteiger partial charge < -0.3 is 5.32 Å². The van der Waals surface area contributed by atoms with E-state index in [9.17, 15) is 12.8 Å². The third-order valence-corrected chi connectivity index (χ3v) is 5.48. The molecule has 0 spiro atoms. The molecule has 4 rings (SSSR count). The average Bonchev–Trinajstić information content (AvgIpc) is 3.32. The number of hydrogen-bond donors (Lipinski definition) is 4. The second kappa shape index (κ2) is 8.05. The van der Waals surface area contributed by atoms with Crippen molar-refractivity contribution in [1.29, 1.82) is 0 Å². The molecule has 30 heavy (non-hydrogen) atoms. The van der Waals surface area contributed by atoms with Crippen LogP contribution in [-0.2, 0) is 10.0 Å². The lowest BCUT2D eigenvalue weighted by Gasteiger charge is -2.17. The zero-order valence-corrected chi connectivity index (χ0v) is 17.4. The second-order valence-corrected chi connectivity index (χ2v) is 9.12. The van der Waals surface area contributed by atoms with Crippen molar-refractivity contribution < 1.29 is 12.8 Å². The molecule has 1 aliphatic heterocycles. The van der Waals surface area contributed by atoms with E-state index in [-0.39, 0.29) is 18.0 Å². The largest absolute Gasteiger partial charge is 0.368 e. The number of hydrogen-bond acceptors (Lipinski definition) is 6. The number of sulfonamides is 1. The van der Waals surface area contributed by atoms with Crippen molar-refractivity contribution in [3.8, 4) is 5.69 Å². The predicted molar refractivity (Wildman–Crippen MR) is 114 cm³/mol. The van der Waals surface area contributed by atoms with Crippen molar-refractivity contribution in [2.24, 2.45) is 0 Å². The number of nitrogens with zero attached hydrogens (tertiary/aromatic N) is 2. The highest BCUT2D eigenvalue weighted by atomic mass is 32.2. The quantitative estimate of drug-likeness (QED) is 0.480. The molecular formula is C20H23FN6O2S. The van der Waals surface area contributed by atoms with E-state index in [4.69, 9.17) is 0 Å². The summed E-state index contributed by atoms with van der Waals surface area (Å²) in [7, 11) is -3.30. The lowest BCUT2D eigenvalue weighted by atomic mass is 10.0. The van der Waals surface area contributed by atoms with Crippen molar-refractivity contribution >= 4 is 21.4 Å². The van der Waals surface area contributed by atoms with Crippen LogP contribution in [0.4, 0.5) is 15.8 Å². The number of halogens is 1. The minimum Gasteiger partial charge on any atom is -0.368 e. The molecule has 1 aliphatic rings. The molecule has 1 fully saturated rings. The van der Waals surface area contributed by atoms with Gasteiger partial charge in [0.15, 0.2) is 5.82 Å². The highest BCUT2D eigenvalue weighted by Crippen LogP contribution is 2.26.